The summed E-state index contributed by atoms with van der Waals surface area (Å²) in [6.45, 7) is 4.94. The zero-order chi connectivity index (χ0) is 14.8. The zero-order valence-electron chi connectivity index (χ0n) is 12.4. The van der Waals surface area contributed by atoms with Gasteiger partial charge in [0, 0.05) is 0 Å². The second-order valence-electron chi connectivity index (χ2n) is 6.63. The van der Waals surface area contributed by atoms with Gasteiger partial charge in [-0.15, -0.1) is 0 Å². The van der Waals surface area contributed by atoms with E-state index in [1.54, 1.807) is 0 Å². The highest BCUT2D eigenvalue weighted by Crippen LogP contribution is 2.33. The molecular weight excluding hydrogens is 256 g/mol. The van der Waals surface area contributed by atoms with Gasteiger partial charge in [-0.3, -0.25) is 4.79 Å². The minimum absolute atomic E-state index is 0.145. The van der Waals surface area contributed by atoms with Crippen LogP contribution in [-0.4, -0.2) is 35.1 Å². The molecule has 0 radical (unpaired) electrons. The molecule has 20 heavy (non-hydrogen) atoms. The van der Waals surface area contributed by atoms with Crippen molar-refractivity contribution in [2.75, 3.05) is 6.54 Å². The summed E-state index contributed by atoms with van der Waals surface area (Å²) in [5, 5.41) is 15.7. The number of amides is 1. The highest BCUT2D eigenvalue weighted by atomic mass is 16.4. The summed E-state index contributed by atoms with van der Waals surface area (Å²) in [6.07, 6.45) is 5.08. The molecule has 2 rings (SSSR count). The van der Waals surface area contributed by atoms with Crippen LogP contribution in [0.4, 0.5) is 0 Å². The number of piperidine rings is 1. The van der Waals surface area contributed by atoms with Gasteiger partial charge in [0.15, 0.2) is 0 Å². The number of rotatable bonds is 3. The number of carboxylic acids is 1. The van der Waals surface area contributed by atoms with Gasteiger partial charge in [0.1, 0.15) is 5.54 Å². The topological polar surface area (TPSA) is 78.4 Å². The quantitative estimate of drug-likeness (QED) is 0.733. The molecule has 2 fully saturated rings. The van der Waals surface area contributed by atoms with Crippen molar-refractivity contribution in [1.82, 2.24) is 10.6 Å². The molecule has 0 aromatic heterocycles. The molecule has 1 aliphatic heterocycles. The fourth-order valence-electron chi connectivity index (χ4n) is 3.63. The number of carbonyl (C=O) groups excluding carboxylic acids is 1. The average molecular weight is 282 g/mol. The first-order valence-electron chi connectivity index (χ1n) is 7.73. The molecule has 1 saturated carbocycles. The van der Waals surface area contributed by atoms with Crippen LogP contribution in [0.3, 0.4) is 0 Å². The van der Waals surface area contributed by atoms with Crippen molar-refractivity contribution in [3.8, 4) is 0 Å². The summed E-state index contributed by atoms with van der Waals surface area (Å²) < 4.78 is 0. The van der Waals surface area contributed by atoms with E-state index in [4.69, 9.17) is 0 Å². The highest BCUT2D eigenvalue weighted by Gasteiger charge is 2.44. The van der Waals surface area contributed by atoms with Gasteiger partial charge in [0.05, 0.1) is 6.04 Å². The van der Waals surface area contributed by atoms with E-state index in [9.17, 15) is 14.7 Å². The van der Waals surface area contributed by atoms with Crippen molar-refractivity contribution in [2.24, 2.45) is 11.8 Å². The maximum absolute atomic E-state index is 12.5. The Hall–Kier alpha value is -1.10. The fourth-order valence-corrected chi connectivity index (χ4v) is 3.63. The molecule has 0 aromatic carbocycles. The minimum Gasteiger partial charge on any atom is -0.480 e. The van der Waals surface area contributed by atoms with Gasteiger partial charge in [-0.1, -0.05) is 26.7 Å². The Balaban J connectivity index is 2.07. The van der Waals surface area contributed by atoms with Gasteiger partial charge in [-0.05, 0) is 44.1 Å². The van der Waals surface area contributed by atoms with Gasteiger partial charge in [0.25, 0.3) is 0 Å². The smallest absolute Gasteiger partial charge is 0.329 e. The Morgan fingerprint density at radius 1 is 1.25 bits per heavy atom. The summed E-state index contributed by atoms with van der Waals surface area (Å²) in [4.78, 5) is 24.1. The van der Waals surface area contributed by atoms with Gasteiger partial charge in [0.2, 0.25) is 5.91 Å². The van der Waals surface area contributed by atoms with E-state index in [0.29, 0.717) is 18.8 Å². The third-order valence-electron chi connectivity index (χ3n) is 4.82. The third-order valence-corrected chi connectivity index (χ3v) is 4.82. The Bertz CT molecular complexity index is 385. The van der Waals surface area contributed by atoms with Crippen LogP contribution >= 0.6 is 0 Å². The molecule has 1 heterocycles. The molecule has 5 nitrogen and oxygen atoms in total. The molecule has 4 unspecified atom stereocenters. The SMILES string of the molecule is CC1CCCC(NC(=O)C2NCCCC2C)(C(=O)O)C1. The Kier molecular flexibility index (Phi) is 4.68. The Labute approximate surface area is 120 Å². The van der Waals surface area contributed by atoms with Gasteiger partial charge in [-0.2, -0.15) is 0 Å². The number of carboxylic acid groups (broad SMARTS) is 1. The normalized spacial score (nSPS) is 38.2. The van der Waals surface area contributed by atoms with Crippen LogP contribution < -0.4 is 10.6 Å². The molecule has 0 aromatic rings. The molecule has 0 spiro atoms. The van der Waals surface area contributed by atoms with E-state index in [-0.39, 0.29) is 17.9 Å². The first kappa shape index (κ1) is 15.3. The maximum atomic E-state index is 12.5. The third kappa shape index (κ3) is 3.14. The summed E-state index contributed by atoms with van der Waals surface area (Å²) in [5.41, 5.74) is -1.06. The lowest BCUT2D eigenvalue weighted by molar-refractivity contribution is -0.150. The van der Waals surface area contributed by atoms with E-state index >= 15 is 0 Å². The van der Waals surface area contributed by atoms with Gasteiger partial charge >= 0.3 is 5.97 Å². The predicted molar refractivity (Wildman–Crippen MR) is 76.3 cm³/mol. The van der Waals surface area contributed by atoms with Crippen LogP contribution in [0.1, 0.15) is 52.4 Å². The molecule has 1 amide bonds. The molecule has 1 aliphatic carbocycles. The van der Waals surface area contributed by atoms with E-state index < -0.39 is 11.5 Å². The van der Waals surface area contributed by atoms with E-state index in [0.717, 1.165) is 32.2 Å². The first-order valence-corrected chi connectivity index (χ1v) is 7.73. The van der Waals surface area contributed by atoms with Crippen molar-refractivity contribution in [2.45, 2.75) is 64.0 Å². The van der Waals surface area contributed by atoms with Crippen LogP contribution in [0.25, 0.3) is 0 Å². The fraction of sp³-hybridized carbons (Fsp3) is 0.867. The predicted octanol–water partition coefficient (Wildman–Crippen LogP) is 1.52. The van der Waals surface area contributed by atoms with Crippen molar-refractivity contribution in [3.05, 3.63) is 0 Å². The van der Waals surface area contributed by atoms with Gasteiger partial charge in [-0.25, -0.2) is 4.79 Å². The van der Waals surface area contributed by atoms with E-state index in [1.807, 2.05) is 6.92 Å². The lowest BCUT2D eigenvalue weighted by Crippen LogP contribution is -2.62. The molecule has 3 N–H and O–H groups in total. The van der Waals surface area contributed by atoms with E-state index in [2.05, 4.69) is 17.6 Å². The number of nitrogens with one attached hydrogen (secondary N) is 2. The standard InChI is InChI=1S/C15H26N2O3/c1-10-5-3-7-15(9-10,14(19)20)17-13(18)12-11(2)6-4-8-16-12/h10-12,16H,3-9H2,1-2H3,(H,17,18)(H,19,20). The van der Waals surface area contributed by atoms with Crippen LogP contribution in [-0.2, 0) is 9.59 Å². The van der Waals surface area contributed by atoms with E-state index in [1.165, 1.54) is 0 Å². The van der Waals surface area contributed by atoms with Crippen molar-refractivity contribution in [1.29, 1.82) is 0 Å². The molecule has 2 aliphatic rings. The van der Waals surface area contributed by atoms with Crippen LogP contribution in [0.15, 0.2) is 0 Å². The Morgan fingerprint density at radius 3 is 2.60 bits per heavy atom. The second-order valence-corrected chi connectivity index (χ2v) is 6.63. The number of hydrogen-bond donors (Lipinski definition) is 3. The molecule has 0 bridgehead atoms. The number of carbonyl (C=O) groups is 2. The molecule has 114 valence electrons. The van der Waals surface area contributed by atoms with Crippen molar-refractivity contribution >= 4 is 11.9 Å². The zero-order valence-corrected chi connectivity index (χ0v) is 12.4. The number of hydrogen-bond acceptors (Lipinski definition) is 3. The average Bonchev–Trinajstić information content (AvgIpc) is 2.38. The van der Waals surface area contributed by atoms with Crippen LogP contribution in [0, 0.1) is 11.8 Å². The summed E-state index contributed by atoms with van der Waals surface area (Å²) in [5.74, 6) is -0.429. The second kappa shape index (κ2) is 6.12. The maximum Gasteiger partial charge on any atom is 0.329 e. The largest absolute Gasteiger partial charge is 0.480 e. The summed E-state index contributed by atoms with van der Waals surface area (Å²) in [6, 6.07) is -0.253. The monoisotopic (exact) mass is 282 g/mol. The summed E-state index contributed by atoms with van der Waals surface area (Å²) >= 11 is 0. The van der Waals surface area contributed by atoms with Crippen LogP contribution in [0.5, 0.6) is 0 Å². The highest BCUT2D eigenvalue weighted by molar-refractivity contribution is 5.90. The lowest BCUT2D eigenvalue weighted by Gasteiger charge is -2.39. The minimum atomic E-state index is -1.06. The molecule has 4 atom stereocenters. The molecular formula is C15H26N2O3. The first-order chi connectivity index (χ1) is 9.44. The molecule has 5 heteroatoms. The Morgan fingerprint density at radius 2 is 2.00 bits per heavy atom. The summed E-state index contributed by atoms with van der Waals surface area (Å²) in [7, 11) is 0. The van der Waals surface area contributed by atoms with Gasteiger partial charge < -0.3 is 15.7 Å². The van der Waals surface area contributed by atoms with Crippen molar-refractivity contribution in [3.63, 3.8) is 0 Å². The van der Waals surface area contributed by atoms with Crippen molar-refractivity contribution < 1.29 is 14.7 Å². The van der Waals surface area contributed by atoms with Crippen LogP contribution in [0.2, 0.25) is 0 Å². The molecule has 1 saturated heterocycles. The number of aliphatic carboxylic acids is 1. The lowest BCUT2D eigenvalue weighted by atomic mass is 9.76.